The summed E-state index contributed by atoms with van der Waals surface area (Å²) < 4.78 is 5.44. The minimum absolute atomic E-state index is 0.0534. The van der Waals surface area contributed by atoms with Crippen LogP contribution in [0.1, 0.15) is 29.5 Å². The molecule has 1 aliphatic heterocycles. The van der Waals surface area contributed by atoms with Crippen LogP contribution in [-0.2, 0) is 0 Å². The van der Waals surface area contributed by atoms with E-state index < -0.39 is 0 Å². The molecule has 1 N–H and O–H groups in total. The van der Waals surface area contributed by atoms with Crippen molar-refractivity contribution in [2.45, 2.75) is 18.4 Å². The fourth-order valence-corrected chi connectivity index (χ4v) is 4.15. The first-order valence-corrected chi connectivity index (χ1v) is 8.51. The average molecular weight is 357 g/mol. The number of non-ortho nitro benzene ring substituents is 1. The predicted octanol–water partition coefficient (Wildman–Crippen LogP) is 5.08. The summed E-state index contributed by atoms with van der Waals surface area (Å²) >= 11 is 6.18. The Bertz CT molecular complexity index is 881. The van der Waals surface area contributed by atoms with Gasteiger partial charge in [-0.15, -0.1) is 0 Å². The number of allylic oxidation sites excluding steroid dienone is 2. The minimum Gasteiger partial charge on any atom is -0.494 e. The van der Waals surface area contributed by atoms with Crippen LogP contribution >= 0.6 is 11.6 Å². The number of hydrogen-bond acceptors (Lipinski definition) is 4. The standard InChI is InChI=1S/C19H17ClN2O3/c1-25-17-10-13(22(23)24)9-16-14-6-3-7-15(14)18(21-19(16)17)11-4-2-5-12(20)8-11/h2-6,8-10,14-15,18,21H,7H2,1H3/t14-,15-,18-/m1/s1. The monoisotopic (exact) mass is 356 g/mol. The van der Waals surface area contributed by atoms with Gasteiger partial charge in [0.1, 0.15) is 5.75 Å². The van der Waals surface area contributed by atoms with Crippen molar-refractivity contribution in [3.63, 3.8) is 0 Å². The molecule has 0 amide bonds. The summed E-state index contributed by atoms with van der Waals surface area (Å²) in [5.74, 6) is 0.904. The number of fused-ring (bicyclic) bond motifs is 3. The number of anilines is 1. The van der Waals surface area contributed by atoms with Crippen LogP contribution in [0.2, 0.25) is 5.02 Å². The number of halogens is 1. The fraction of sp³-hybridized carbons (Fsp3) is 0.263. The first kappa shape index (κ1) is 16.0. The molecular formula is C19H17ClN2O3. The van der Waals surface area contributed by atoms with E-state index in [1.54, 1.807) is 6.07 Å². The number of rotatable bonds is 3. The molecule has 0 saturated carbocycles. The fourth-order valence-electron chi connectivity index (χ4n) is 3.95. The average Bonchev–Trinajstić information content (AvgIpc) is 3.10. The third kappa shape index (κ3) is 2.65. The lowest BCUT2D eigenvalue weighted by Crippen LogP contribution is -2.29. The molecule has 1 heterocycles. The van der Waals surface area contributed by atoms with Crippen molar-refractivity contribution < 1.29 is 9.66 Å². The summed E-state index contributed by atoms with van der Waals surface area (Å²) in [6.07, 6.45) is 5.21. The Hall–Kier alpha value is -2.53. The molecule has 0 bridgehead atoms. The molecular weight excluding hydrogens is 340 g/mol. The number of methoxy groups -OCH3 is 1. The van der Waals surface area contributed by atoms with E-state index in [1.165, 1.54) is 13.2 Å². The zero-order chi connectivity index (χ0) is 17.6. The highest BCUT2D eigenvalue weighted by Gasteiger charge is 2.40. The van der Waals surface area contributed by atoms with Crippen LogP contribution in [0.3, 0.4) is 0 Å². The Balaban J connectivity index is 1.85. The molecule has 5 nitrogen and oxygen atoms in total. The second-order valence-corrected chi connectivity index (χ2v) is 6.84. The Morgan fingerprint density at radius 2 is 2.16 bits per heavy atom. The summed E-state index contributed by atoms with van der Waals surface area (Å²) in [7, 11) is 1.53. The normalized spacial score (nSPS) is 23.5. The number of nitrogens with zero attached hydrogens (tertiary/aromatic N) is 1. The van der Waals surface area contributed by atoms with Crippen molar-refractivity contribution in [1.29, 1.82) is 0 Å². The highest BCUT2D eigenvalue weighted by molar-refractivity contribution is 6.30. The van der Waals surface area contributed by atoms with Crippen LogP contribution in [-0.4, -0.2) is 12.0 Å². The van der Waals surface area contributed by atoms with Crippen LogP contribution in [0.4, 0.5) is 11.4 Å². The summed E-state index contributed by atoms with van der Waals surface area (Å²) in [6, 6.07) is 11.0. The Kier molecular flexibility index (Phi) is 3.88. The highest BCUT2D eigenvalue weighted by Crippen LogP contribution is 2.53. The molecule has 0 unspecified atom stereocenters. The molecule has 128 valence electrons. The predicted molar refractivity (Wildman–Crippen MR) is 97.5 cm³/mol. The summed E-state index contributed by atoms with van der Waals surface area (Å²) in [6.45, 7) is 0. The van der Waals surface area contributed by atoms with E-state index in [0.717, 1.165) is 23.2 Å². The van der Waals surface area contributed by atoms with Gasteiger partial charge in [-0.25, -0.2) is 0 Å². The second kappa shape index (κ2) is 6.08. The lowest BCUT2D eigenvalue weighted by molar-refractivity contribution is -0.385. The van der Waals surface area contributed by atoms with Crippen LogP contribution in [0.15, 0.2) is 48.6 Å². The number of benzene rings is 2. The minimum atomic E-state index is -0.375. The maximum atomic E-state index is 11.3. The SMILES string of the molecule is COc1cc([N+](=O)[O-])cc2c1N[C@H](c1cccc(Cl)c1)[C@@H]1CC=C[C@@H]21. The van der Waals surface area contributed by atoms with Gasteiger partial charge in [0.2, 0.25) is 0 Å². The Morgan fingerprint density at radius 1 is 1.32 bits per heavy atom. The lowest BCUT2D eigenvalue weighted by atomic mass is 9.76. The number of nitrogens with one attached hydrogen (secondary N) is 1. The van der Waals surface area contributed by atoms with E-state index in [4.69, 9.17) is 16.3 Å². The molecule has 0 aromatic heterocycles. The van der Waals surface area contributed by atoms with E-state index in [9.17, 15) is 10.1 Å². The third-order valence-corrected chi connectivity index (χ3v) is 5.29. The van der Waals surface area contributed by atoms with Crippen molar-refractivity contribution >= 4 is 23.0 Å². The molecule has 6 heteroatoms. The van der Waals surface area contributed by atoms with Crippen molar-refractivity contribution in [3.8, 4) is 5.75 Å². The van der Waals surface area contributed by atoms with E-state index in [0.29, 0.717) is 10.8 Å². The highest BCUT2D eigenvalue weighted by atomic mass is 35.5. The van der Waals surface area contributed by atoms with E-state index in [-0.39, 0.29) is 28.5 Å². The maximum Gasteiger partial charge on any atom is 0.273 e. The Labute approximate surface area is 150 Å². The first-order valence-electron chi connectivity index (χ1n) is 8.13. The molecule has 4 rings (SSSR count). The summed E-state index contributed by atoms with van der Waals surface area (Å²) in [5.41, 5.74) is 2.91. The lowest BCUT2D eigenvalue weighted by Gasteiger charge is -2.38. The molecule has 2 aromatic rings. The molecule has 2 aromatic carbocycles. The van der Waals surface area contributed by atoms with Gasteiger partial charge >= 0.3 is 0 Å². The smallest absolute Gasteiger partial charge is 0.273 e. The van der Waals surface area contributed by atoms with Crippen LogP contribution in [0, 0.1) is 16.0 Å². The molecule has 2 aliphatic rings. The van der Waals surface area contributed by atoms with Gasteiger partial charge in [0.05, 0.1) is 29.8 Å². The van der Waals surface area contributed by atoms with Crippen molar-refractivity contribution in [3.05, 3.63) is 74.8 Å². The number of nitro benzene ring substituents is 1. The van der Waals surface area contributed by atoms with Gasteiger partial charge in [0.15, 0.2) is 0 Å². The van der Waals surface area contributed by atoms with Crippen molar-refractivity contribution in [2.24, 2.45) is 5.92 Å². The quantitative estimate of drug-likeness (QED) is 0.473. The number of nitro groups is 1. The molecule has 3 atom stereocenters. The topological polar surface area (TPSA) is 64.4 Å². The van der Waals surface area contributed by atoms with E-state index in [2.05, 4.69) is 23.5 Å². The largest absolute Gasteiger partial charge is 0.494 e. The van der Waals surface area contributed by atoms with Gasteiger partial charge in [0.25, 0.3) is 5.69 Å². The maximum absolute atomic E-state index is 11.3. The molecule has 0 saturated heterocycles. The molecule has 0 spiro atoms. The van der Waals surface area contributed by atoms with Gasteiger partial charge in [-0.1, -0.05) is 35.9 Å². The van der Waals surface area contributed by atoms with Crippen LogP contribution in [0.5, 0.6) is 5.75 Å². The van der Waals surface area contributed by atoms with Crippen LogP contribution < -0.4 is 10.1 Å². The molecule has 0 radical (unpaired) electrons. The van der Waals surface area contributed by atoms with E-state index in [1.807, 2.05) is 18.2 Å². The zero-order valence-electron chi connectivity index (χ0n) is 13.6. The zero-order valence-corrected chi connectivity index (χ0v) is 14.4. The van der Waals surface area contributed by atoms with Gasteiger partial charge in [0, 0.05) is 17.0 Å². The van der Waals surface area contributed by atoms with Crippen LogP contribution in [0.25, 0.3) is 0 Å². The van der Waals surface area contributed by atoms with Gasteiger partial charge < -0.3 is 10.1 Å². The number of hydrogen-bond donors (Lipinski definition) is 1. The van der Waals surface area contributed by atoms with E-state index >= 15 is 0 Å². The molecule has 0 fully saturated rings. The molecule has 25 heavy (non-hydrogen) atoms. The summed E-state index contributed by atoms with van der Waals surface area (Å²) in [5, 5.41) is 15.5. The Morgan fingerprint density at radius 3 is 2.88 bits per heavy atom. The third-order valence-electron chi connectivity index (χ3n) is 5.06. The molecule has 1 aliphatic carbocycles. The summed E-state index contributed by atoms with van der Waals surface area (Å²) in [4.78, 5) is 10.9. The van der Waals surface area contributed by atoms with Gasteiger partial charge in [-0.3, -0.25) is 10.1 Å². The van der Waals surface area contributed by atoms with Gasteiger partial charge in [-0.05, 0) is 35.6 Å². The van der Waals surface area contributed by atoms with Gasteiger partial charge in [-0.2, -0.15) is 0 Å². The van der Waals surface area contributed by atoms with Crippen molar-refractivity contribution in [1.82, 2.24) is 0 Å². The van der Waals surface area contributed by atoms with Crippen molar-refractivity contribution in [2.75, 3.05) is 12.4 Å². The second-order valence-electron chi connectivity index (χ2n) is 6.40. The first-order chi connectivity index (χ1) is 12.1. The number of ether oxygens (including phenoxy) is 1.